The van der Waals surface area contributed by atoms with Crippen LogP contribution in [0, 0.1) is 0 Å². The first-order valence-corrected chi connectivity index (χ1v) is 9.38. The van der Waals surface area contributed by atoms with Crippen molar-refractivity contribution in [3.8, 4) is 11.3 Å². The van der Waals surface area contributed by atoms with E-state index in [0.29, 0.717) is 13.2 Å². The first-order chi connectivity index (χ1) is 13.3. The summed E-state index contributed by atoms with van der Waals surface area (Å²) in [6.45, 7) is 5.19. The molecule has 27 heavy (non-hydrogen) atoms. The average molecular weight is 360 g/mol. The van der Waals surface area contributed by atoms with Crippen molar-refractivity contribution in [2.75, 3.05) is 36.5 Å². The van der Waals surface area contributed by atoms with Gasteiger partial charge in [-0.2, -0.15) is 4.98 Å². The molecule has 1 atom stereocenters. The Kier molecular flexibility index (Phi) is 5.30. The highest BCUT2D eigenvalue weighted by Crippen LogP contribution is 2.25. The molecule has 1 N–H and O–H groups in total. The molecule has 1 saturated heterocycles. The number of morpholine rings is 1. The van der Waals surface area contributed by atoms with E-state index in [4.69, 9.17) is 14.7 Å². The van der Waals surface area contributed by atoms with Gasteiger partial charge in [-0.1, -0.05) is 60.7 Å². The lowest BCUT2D eigenvalue weighted by molar-refractivity contribution is 0.122. The lowest BCUT2D eigenvalue weighted by Gasteiger charge is -2.27. The van der Waals surface area contributed by atoms with E-state index in [-0.39, 0.29) is 6.04 Å². The second-order valence-electron chi connectivity index (χ2n) is 6.68. The summed E-state index contributed by atoms with van der Waals surface area (Å²) in [5, 5.41) is 3.54. The van der Waals surface area contributed by atoms with Crippen LogP contribution in [0.2, 0.25) is 0 Å². The zero-order valence-corrected chi connectivity index (χ0v) is 15.5. The molecule has 2 aromatic carbocycles. The third kappa shape index (κ3) is 4.26. The quantitative estimate of drug-likeness (QED) is 0.741. The lowest BCUT2D eigenvalue weighted by atomic mass is 10.1. The molecule has 2 heterocycles. The molecule has 1 aliphatic rings. The van der Waals surface area contributed by atoms with Gasteiger partial charge in [-0.15, -0.1) is 0 Å². The molecule has 0 bridgehead atoms. The topological polar surface area (TPSA) is 50.3 Å². The maximum Gasteiger partial charge on any atom is 0.228 e. The third-order valence-electron chi connectivity index (χ3n) is 4.74. The largest absolute Gasteiger partial charge is 0.378 e. The zero-order chi connectivity index (χ0) is 18.5. The number of nitrogens with one attached hydrogen (secondary N) is 1. The molecule has 5 nitrogen and oxygen atoms in total. The fourth-order valence-electron chi connectivity index (χ4n) is 3.22. The SMILES string of the molecule is CC(Nc1cc(-c2ccccc2)nc(N2CCOCC2)n1)c1ccccc1. The minimum Gasteiger partial charge on any atom is -0.378 e. The van der Waals surface area contributed by atoms with Crippen molar-refractivity contribution in [2.24, 2.45) is 0 Å². The van der Waals surface area contributed by atoms with Gasteiger partial charge in [0.25, 0.3) is 0 Å². The van der Waals surface area contributed by atoms with Crippen LogP contribution in [0.5, 0.6) is 0 Å². The predicted octanol–water partition coefficient (Wildman–Crippen LogP) is 4.15. The van der Waals surface area contributed by atoms with E-state index in [1.54, 1.807) is 0 Å². The molecule has 4 rings (SSSR count). The van der Waals surface area contributed by atoms with E-state index in [1.807, 2.05) is 30.3 Å². The summed E-state index contributed by atoms with van der Waals surface area (Å²) in [7, 11) is 0. The van der Waals surface area contributed by atoms with Crippen LogP contribution >= 0.6 is 0 Å². The van der Waals surface area contributed by atoms with Crippen molar-refractivity contribution >= 4 is 11.8 Å². The summed E-state index contributed by atoms with van der Waals surface area (Å²) < 4.78 is 5.48. The van der Waals surface area contributed by atoms with Crippen molar-refractivity contribution in [1.29, 1.82) is 0 Å². The molecule has 1 fully saturated rings. The number of hydrogen-bond acceptors (Lipinski definition) is 5. The Labute approximate surface area is 160 Å². The molecule has 5 heteroatoms. The maximum absolute atomic E-state index is 5.48. The van der Waals surface area contributed by atoms with Gasteiger partial charge in [0, 0.05) is 30.8 Å². The minimum atomic E-state index is 0.155. The number of hydrogen-bond donors (Lipinski definition) is 1. The van der Waals surface area contributed by atoms with Gasteiger partial charge in [0.05, 0.1) is 18.9 Å². The average Bonchev–Trinajstić information content (AvgIpc) is 2.75. The first kappa shape index (κ1) is 17.5. The van der Waals surface area contributed by atoms with Gasteiger partial charge in [0.1, 0.15) is 5.82 Å². The number of anilines is 2. The number of nitrogens with zero attached hydrogens (tertiary/aromatic N) is 3. The van der Waals surface area contributed by atoms with E-state index in [0.717, 1.165) is 36.1 Å². The number of rotatable bonds is 5. The molecule has 1 aromatic heterocycles. The van der Waals surface area contributed by atoms with E-state index >= 15 is 0 Å². The van der Waals surface area contributed by atoms with E-state index in [1.165, 1.54) is 5.56 Å². The van der Waals surface area contributed by atoms with Crippen LogP contribution in [0.1, 0.15) is 18.5 Å². The van der Waals surface area contributed by atoms with Gasteiger partial charge in [-0.25, -0.2) is 4.98 Å². The summed E-state index contributed by atoms with van der Waals surface area (Å²) in [5.41, 5.74) is 3.24. The van der Waals surface area contributed by atoms with Crippen LogP contribution < -0.4 is 10.2 Å². The standard InChI is InChI=1S/C22H24N4O/c1-17(18-8-4-2-5-9-18)23-21-16-20(19-10-6-3-7-11-19)24-22(25-21)26-12-14-27-15-13-26/h2-11,16-17H,12-15H2,1H3,(H,23,24,25). The van der Waals surface area contributed by atoms with Crippen molar-refractivity contribution in [3.63, 3.8) is 0 Å². The molecule has 1 aliphatic heterocycles. The van der Waals surface area contributed by atoms with Gasteiger partial charge in [-0.3, -0.25) is 0 Å². The normalized spacial score (nSPS) is 15.4. The van der Waals surface area contributed by atoms with Gasteiger partial charge >= 0.3 is 0 Å². The van der Waals surface area contributed by atoms with E-state index in [9.17, 15) is 0 Å². The predicted molar refractivity (Wildman–Crippen MR) is 109 cm³/mol. The molecular formula is C22H24N4O. The minimum absolute atomic E-state index is 0.155. The Morgan fingerprint density at radius 3 is 2.30 bits per heavy atom. The highest BCUT2D eigenvalue weighted by Gasteiger charge is 2.17. The number of ether oxygens (including phenoxy) is 1. The third-order valence-corrected chi connectivity index (χ3v) is 4.74. The number of aromatic nitrogens is 2. The van der Waals surface area contributed by atoms with Crippen LogP contribution in [-0.4, -0.2) is 36.3 Å². The summed E-state index contributed by atoms with van der Waals surface area (Å²) >= 11 is 0. The molecule has 0 spiro atoms. The Hall–Kier alpha value is -2.92. The molecule has 3 aromatic rings. The Bertz CT molecular complexity index is 864. The van der Waals surface area contributed by atoms with Crippen LogP contribution in [0.4, 0.5) is 11.8 Å². The molecule has 1 unspecified atom stereocenters. The van der Waals surface area contributed by atoms with Crippen LogP contribution in [-0.2, 0) is 4.74 Å². The smallest absolute Gasteiger partial charge is 0.228 e. The molecular weight excluding hydrogens is 336 g/mol. The molecule has 0 aliphatic carbocycles. The highest BCUT2D eigenvalue weighted by molar-refractivity contribution is 5.64. The fraction of sp³-hybridized carbons (Fsp3) is 0.273. The second kappa shape index (κ2) is 8.18. The highest BCUT2D eigenvalue weighted by atomic mass is 16.5. The van der Waals surface area contributed by atoms with Gasteiger partial charge in [0.2, 0.25) is 5.95 Å². The molecule has 0 saturated carbocycles. The Morgan fingerprint density at radius 2 is 1.59 bits per heavy atom. The Balaban J connectivity index is 1.67. The number of benzene rings is 2. The molecule has 0 amide bonds. The molecule has 138 valence electrons. The Morgan fingerprint density at radius 1 is 0.926 bits per heavy atom. The van der Waals surface area contributed by atoms with Crippen molar-refractivity contribution in [1.82, 2.24) is 9.97 Å². The van der Waals surface area contributed by atoms with Crippen molar-refractivity contribution in [2.45, 2.75) is 13.0 Å². The molecule has 0 radical (unpaired) electrons. The fourth-order valence-corrected chi connectivity index (χ4v) is 3.22. The summed E-state index contributed by atoms with van der Waals surface area (Å²) in [5.74, 6) is 1.59. The van der Waals surface area contributed by atoms with Crippen LogP contribution in [0.3, 0.4) is 0 Å². The van der Waals surface area contributed by atoms with Gasteiger partial charge < -0.3 is 15.0 Å². The van der Waals surface area contributed by atoms with Crippen molar-refractivity contribution < 1.29 is 4.74 Å². The second-order valence-corrected chi connectivity index (χ2v) is 6.68. The summed E-state index contributed by atoms with van der Waals surface area (Å²) in [4.78, 5) is 11.8. The van der Waals surface area contributed by atoms with E-state index in [2.05, 4.69) is 53.5 Å². The summed E-state index contributed by atoms with van der Waals surface area (Å²) in [6.07, 6.45) is 0. The monoisotopic (exact) mass is 360 g/mol. The van der Waals surface area contributed by atoms with E-state index < -0.39 is 0 Å². The van der Waals surface area contributed by atoms with Crippen molar-refractivity contribution in [3.05, 3.63) is 72.3 Å². The zero-order valence-electron chi connectivity index (χ0n) is 15.5. The van der Waals surface area contributed by atoms with Crippen LogP contribution in [0.25, 0.3) is 11.3 Å². The van der Waals surface area contributed by atoms with Crippen LogP contribution in [0.15, 0.2) is 66.7 Å². The van der Waals surface area contributed by atoms with Gasteiger partial charge in [0.15, 0.2) is 0 Å². The lowest BCUT2D eigenvalue weighted by Crippen LogP contribution is -2.37. The maximum atomic E-state index is 5.48. The summed E-state index contributed by atoms with van der Waals surface area (Å²) in [6, 6.07) is 22.8. The van der Waals surface area contributed by atoms with Gasteiger partial charge in [-0.05, 0) is 12.5 Å². The first-order valence-electron chi connectivity index (χ1n) is 9.38.